The topological polar surface area (TPSA) is 65.4 Å². The van der Waals surface area contributed by atoms with Crippen LogP contribution >= 0.6 is 0 Å². The summed E-state index contributed by atoms with van der Waals surface area (Å²) >= 11 is 0. The molecule has 1 unspecified atom stereocenters. The number of ether oxygens (including phenoxy) is 1. The van der Waals surface area contributed by atoms with Crippen LogP contribution in [0.2, 0.25) is 0 Å². The highest BCUT2D eigenvalue weighted by molar-refractivity contribution is 6.06. The molecule has 2 rings (SSSR count). The van der Waals surface area contributed by atoms with Crippen molar-refractivity contribution in [1.29, 1.82) is 5.41 Å². The Morgan fingerprint density at radius 2 is 2.21 bits per heavy atom. The standard InChI is InChI=1S/C14H19N3O2/c1-4-19-11-7-5-6-10(8-11)12-13(15)16-14(18)17(12)9(2)3/h5-9,12H,4H2,1-3H3,(H2,15,16,18). The first kappa shape index (κ1) is 13.4. The van der Waals surface area contributed by atoms with Crippen LogP contribution in [0.4, 0.5) is 4.79 Å². The number of benzene rings is 1. The van der Waals surface area contributed by atoms with Crippen molar-refractivity contribution in [2.45, 2.75) is 32.9 Å². The van der Waals surface area contributed by atoms with Gasteiger partial charge in [0.25, 0.3) is 0 Å². The second-order valence-corrected chi connectivity index (χ2v) is 4.75. The summed E-state index contributed by atoms with van der Waals surface area (Å²) in [6.07, 6.45) is 0. The van der Waals surface area contributed by atoms with E-state index in [9.17, 15) is 4.79 Å². The third kappa shape index (κ3) is 2.54. The zero-order valence-corrected chi connectivity index (χ0v) is 11.4. The van der Waals surface area contributed by atoms with Crippen LogP contribution in [0.5, 0.6) is 5.75 Å². The summed E-state index contributed by atoms with van der Waals surface area (Å²) in [4.78, 5) is 13.5. The maximum absolute atomic E-state index is 11.9. The molecule has 1 aliphatic rings. The Hall–Kier alpha value is -2.04. The Kier molecular flexibility index (Phi) is 3.74. The van der Waals surface area contributed by atoms with Crippen LogP contribution in [0, 0.1) is 5.41 Å². The largest absolute Gasteiger partial charge is 0.494 e. The van der Waals surface area contributed by atoms with E-state index in [1.165, 1.54) is 0 Å². The number of hydrogen-bond donors (Lipinski definition) is 2. The highest BCUT2D eigenvalue weighted by Crippen LogP contribution is 2.29. The molecule has 0 bridgehead atoms. The Bertz CT molecular complexity index is 499. The van der Waals surface area contributed by atoms with Crippen molar-refractivity contribution in [3.63, 3.8) is 0 Å². The second kappa shape index (κ2) is 5.30. The van der Waals surface area contributed by atoms with Crippen molar-refractivity contribution in [2.24, 2.45) is 0 Å². The van der Waals surface area contributed by atoms with Crippen molar-refractivity contribution in [1.82, 2.24) is 10.2 Å². The molecular weight excluding hydrogens is 242 g/mol. The SMILES string of the molecule is CCOc1cccc(C2C(=N)NC(=O)N2C(C)C)c1. The fourth-order valence-electron chi connectivity index (χ4n) is 2.31. The highest BCUT2D eigenvalue weighted by Gasteiger charge is 2.38. The van der Waals surface area contributed by atoms with Crippen LogP contribution in [0.1, 0.15) is 32.4 Å². The number of hydrogen-bond acceptors (Lipinski definition) is 3. The van der Waals surface area contributed by atoms with Gasteiger partial charge in [0.1, 0.15) is 17.6 Å². The molecular formula is C14H19N3O2. The minimum Gasteiger partial charge on any atom is -0.494 e. The molecule has 0 aliphatic carbocycles. The fraction of sp³-hybridized carbons (Fsp3) is 0.429. The lowest BCUT2D eigenvalue weighted by atomic mass is 10.0. The lowest BCUT2D eigenvalue weighted by Gasteiger charge is -2.26. The molecule has 1 aromatic rings. The van der Waals surface area contributed by atoms with Gasteiger partial charge in [-0.05, 0) is 38.5 Å². The lowest BCUT2D eigenvalue weighted by molar-refractivity contribution is 0.190. The van der Waals surface area contributed by atoms with E-state index >= 15 is 0 Å². The predicted molar refractivity (Wildman–Crippen MR) is 73.6 cm³/mol. The Balaban J connectivity index is 2.35. The molecule has 1 heterocycles. The first-order valence-corrected chi connectivity index (χ1v) is 6.45. The molecule has 2 N–H and O–H groups in total. The molecule has 1 atom stereocenters. The average molecular weight is 261 g/mol. The van der Waals surface area contributed by atoms with E-state index in [-0.39, 0.29) is 24.0 Å². The molecule has 0 spiro atoms. The molecule has 1 aromatic carbocycles. The van der Waals surface area contributed by atoms with Gasteiger partial charge in [-0.3, -0.25) is 10.7 Å². The maximum atomic E-state index is 11.9. The van der Waals surface area contributed by atoms with E-state index in [4.69, 9.17) is 10.1 Å². The summed E-state index contributed by atoms with van der Waals surface area (Å²) in [7, 11) is 0. The van der Waals surface area contributed by atoms with Gasteiger partial charge in [0, 0.05) is 6.04 Å². The van der Waals surface area contributed by atoms with Crippen molar-refractivity contribution in [3.05, 3.63) is 29.8 Å². The van der Waals surface area contributed by atoms with Crippen molar-refractivity contribution < 1.29 is 9.53 Å². The number of urea groups is 1. The quantitative estimate of drug-likeness (QED) is 0.874. The first-order valence-electron chi connectivity index (χ1n) is 6.45. The molecule has 0 radical (unpaired) electrons. The highest BCUT2D eigenvalue weighted by atomic mass is 16.5. The predicted octanol–water partition coefficient (Wildman–Crippen LogP) is 2.54. The summed E-state index contributed by atoms with van der Waals surface area (Å²) in [6.45, 7) is 6.40. The Morgan fingerprint density at radius 3 is 2.84 bits per heavy atom. The summed E-state index contributed by atoms with van der Waals surface area (Å²) < 4.78 is 5.47. The van der Waals surface area contributed by atoms with Crippen LogP contribution < -0.4 is 10.1 Å². The van der Waals surface area contributed by atoms with Crippen molar-refractivity contribution in [2.75, 3.05) is 6.61 Å². The molecule has 0 saturated carbocycles. The monoisotopic (exact) mass is 261 g/mol. The van der Waals surface area contributed by atoms with Crippen molar-refractivity contribution >= 4 is 11.9 Å². The Labute approximate surface area is 113 Å². The number of carbonyl (C=O) groups excluding carboxylic acids is 1. The van der Waals surface area contributed by atoms with Gasteiger partial charge in [0.2, 0.25) is 0 Å². The van der Waals surface area contributed by atoms with Gasteiger partial charge >= 0.3 is 6.03 Å². The molecule has 19 heavy (non-hydrogen) atoms. The van der Waals surface area contributed by atoms with Crippen LogP contribution in [0.15, 0.2) is 24.3 Å². The molecule has 102 valence electrons. The molecule has 1 saturated heterocycles. The van der Waals surface area contributed by atoms with E-state index < -0.39 is 0 Å². The smallest absolute Gasteiger partial charge is 0.323 e. The summed E-state index contributed by atoms with van der Waals surface area (Å²) in [6, 6.07) is 7.02. The third-order valence-electron chi connectivity index (χ3n) is 3.07. The molecule has 0 aromatic heterocycles. The van der Waals surface area contributed by atoms with Crippen molar-refractivity contribution in [3.8, 4) is 5.75 Å². The lowest BCUT2D eigenvalue weighted by Crippen LogP contribution is -2.35. The van der Waals surface area contributed by atoms with Gasteiger partial charge in [0.05, 0.1) is 6.61 Å². The number of rotatable bonds is 4. The van der Waals surface area contributed by atoms with E-state index in [0.29, 0.717) is 6.61 Å². The zero-order valence-electron chi connectivity index (χ0n) is 11.4. The van der Waals surface area contributed by atoms with Gasteiger partial charge in [-0.25, -0.2) is 4.79 Å². The average Bonchev–Trinajstić information content (AvgIpc) is 2.65. The van der Waals surface area contributed by atoms with Crippen LogP contribution in [-0.4, -0.2) is 29.4 Å². The van der Waals surface area contributed by atoms with Crippen LogP contribution in [0.3, 0.4) is 0 Å². The van der Waals surface area contributed by atoms with Gasteiger partial charge in [-0.15, -0.1) is 0 Å². The number of carbonyl (C=O) groups is 1. The van der Waals surface area contributed by atoms with Gasteiger partial charge in [-0.1, -0.05) is 12.1 Å². The van der Waals surface area contributed by atoms with E-state index in [1.807, 2.05) is 45.0 Å². The number of nitrogens with one attached hydrogen (secondary N) is 2. The summed E-state index contributed by atoms with van der Waals surface area (Å²) in [5, 5.41) is 10.5. The normalized spacial score (nSPS) is 18.9. The van der Waals surface area contributed by atoms with Gasteiger partial charge in [0.15, 0.2) is 0 Å². The molecule has 1 aliphatic heterocycles. The van der Waals surface area contributed by atoms with E-state index in [0.717, 1.165) is 11.3 Å². The Morgan fingerprint density at radius 1 is 1.47 bits per heavy atom. The summed E-state index contributed by atoms with van der Waals surface area (Å²) in [5.41, 5.74) is 0.892. The van der Waals surface area contributed by atoms with Gasteiger partial charge < -0.3 is 9.64 Å². The number of amidine groups is 1. The number of nitrogens with zero attached hydrogens (tertiary/aromatic N) is 1. The minimum atomic E-state index is -0.354. The van der Waals surface area contributed by atoms with Gasteiger partial charge in [-0.2, -0.15) is 0 Å². The van der Waals surface area contributed by atoms with Crippen LogP contribution in [0.25, 0.3) is 0 Å². The minimum absolute atomic E-state index is 0.0311. The second-order valence-electron chi connectivity index (χ2n) is 4.75. The zero-order chi connectivity index (χ0) is 14.0. The first-order chi connectivity index (χ1) is 9.04. The van der Waals surface area contributed by atoms with E-state index in [2.05, 4.69) is 5.32 Å². The molecule has 2 amide bonds. The fourth-order valence-corrected chi connectivity index (χ4v) is 2.31. The molecule has 5 nitrogen and oxygen atoms in total. The van der Waals surface area contributed by atoms with E-state index in [1.54, 1.807) is 4.90 Å². The molecule has 5 heteroatoms. The molecule has 1 fully saturated rings. The third-order valence-corrected chi connectivity index (χ3v) is 3.07. The van der Waals surface area contributed by atoms with Crippen LogP contribution in [-0.2, 0) is 0 Å². The number of amides is 2. The maximum Gasteiger partial charge on any atom is 0.323 e. The summed E-state index contributed by atoms with van der Waals surface area (Å²) in [5.74, 6) is 0.975.